The fourth-order valence-corrected chi connectivity index (χ4v) is 9.68. The van der Waals surface area contributed by atoms with E-state index in [0.29, 0.717) is 0 Å². The van der Waals surface area contributed by atoms with Gasteiger partial charge in [-0.25, -0.2) is 0 Å². The zero-order chi connectivity index (χ0) is 71.0. The third kappa shape index (κ3) is 3.92. The fraction of sp³-hybridized carbons (Fsp3) is 0. The molecule has 0 radical (unpaired) electrons. The summed E-state index contributed by atoms with van der Waals surface area (Å²) in [6, 6.07) is -31.0. The minimum Gasteiger partial charge on any atom is -0.309 e. The maximum absolute atomic E-state index is 10.3. The fourth-order valence-electron chi connectivity index (χ4n) is 9.68. The van der Waals surface area contributed by atoms with Crippen LogP contribution in [0.2, 0.25) is 0 Å². The molecule has 0 atom stereocenters. The minimum absolute atomic E-state index is 0.371. The van der Waals surface area contributed by atoms with Crippen molar-refractivity contribution in [3.8, 4) is 22.5 Å². The molecule has 0 unspecified atom stereocenters. The van der Waals surface area contributed by atoms with Gasteiger partial charge in [0.05, 0.1) is 102 Å². The summed E-state index contributed by atoms with van der Waals surface area (Å²) in [6.07, 6.45) is 0. The Morgan fingerprint density at radius 1 is 0.250 bits per heavy atom. The Hall–Kier alpha value is -8.60. The molecule has 0 saturated heterocycles. The van der Waals surface area contributed by atoms with Gasteiger partial charge in [-0.15, -0.1) is 0 Å². The van der Waals surface area contributed by atoms with E-state index in [-0.39, 0.29) is 10.8 Å². The summed E-state index contributed by atoms with van der Waals surface area (Å²) in [4.78, 5) is 0. The van der Waals surface area contributed by atoms with Gasteiger partial charge in [-0.3, -0.25) is 0 Å². The van der Waals surface area contributed by atoms with Crippen molar-refractivity contribution in [3.63, 3.8) is 0 Å². The lowest BCUT2D eigenvalue weighted by molar-refractivity contribution is 1.18. The molecule has 0 spiro atoms. The van der Waals surface area contributed by atoms with Crippen LogP contribution in [0.3, 0.4) is 0 Å². The summed E-state index contributed by atoms with van der Waals surface area (Å²) < 4.78 is 324. The van der Waals surface area contributed by atoms with Crippen LogP contribution in [-0.4, -0.2) is 17.9 Å². The molecule has 0 amide bonds. The van der Waals surface area contributed by atoms with Gasteiger partial charge in [-0.2, -0.15) is 0 Å². The Morgan fingerprint density at radius 2 is 0.594 bits per heavy atom. The first kappa shape index (κ1) is 15.0. The van der Waals surface area contributed by atoms with E-state index in [4.69, 9.17) is 13.7 Å². The van der Waals surface area contributed by atoms with E-state index >= 15 is 0 Å². The third-order valence-electron chi connectivity index (χ3n) is 12.1. The van der Waals surface area contributed by atoms with Gasteiger partial charge in [0.1, 0.15) is 0 Å². The Morgan fingerprint density at radius 3 is 1.03 bits per heavy atom. The zero-order valence-electron chi connectivity index (χ0n) is 65.8. The quantitative estimate of drug-likeness (QED) is 0.169. The molecule has 0 N–H and O–H groups in total. The Kier molecular flexibility index (Phi) is 2.74. The molecule has 0 aliphatic carbocycles. The molecule has 16 aromatic rings. The number of nitrogens with zero attached hydrogens (tertiary/aromatic N) is 4. The van der Waals surface area contributed by atoms with Gasteiger partial charge in [0, 0.05) is 65.2 Å². The van der Waals surface area contributed by atoms with Gasteiger partial charge < -0.3 is 17.9 Å². The number of benzene rings is 10. The SMILES string of the molecule is [2H]c1c([2H])c([2H])c(-n2c3c([2H])c([2H])c([2H])c4c5c([2H])c([2H])c([2H])c6c7c([2H])c(-c8c([2H])c([2H])c9c(c8[2H])c8c([2H])c([2H])c([2H])c%10c%11c([2H])c([2H])c([2H])c%12c%11c%11c(c([2H])c([2H])c([2H])c%11n9c%108)n%12-c8c([2H])c([2H])c([2H])c([2H])c8[2H])c([2H])c([2H])c7n(c7c([2H])c([2H])c([2H])c2c7c43)c56)c([2H])c1[2H]. The highest BCUT2D eigenvalue weighted by Crippen LogP contribution is 2.47. The largest absolute Gasteiger partial charge is 0.309 e. The number of para-hydroxylation sites is 4. The molecule has 6 heterocycles. The number of aromatic nitrogens is 4. The summed E-state index contributed by atoms with van der Waals surface area (Å²) in [7, 11) is 0. The van der Waals surface area contributed by atoms with Crippen LogP contribution in [0.15, 0.2) is 205 Å². The second-order valence-electron chi connectivity index (χ2n) is 15.0. The summed E-state index contributed by atoms with van der Waals surface area (Å²) in [5, 5.41) is -5.97. The van der Waals surface area contributed by atoms with Crippen LogP contribution in [-0.2, 0) is 0 Å². The molecule has 16 rings (SSSR count). The van der Waals surface area contributed by atoms with Crippen LogP contribution < -0.4 is 0 Å². The van der Waals surface area contributed by atoms with E-state index in [9.17, 15) is 32.9 Å². The number of rotatable bonds is 3. The third-order valence-corrected chi connectivity index (χ3v) is 12.1. The summed E-state index contributed by atoms with van der Waals surface area (Å²) >= 11 is 0. The van der Waals surface area contributed by atoms with Crippen LogP contribution in [0.1, 0.15) is 46.6 Å². The lowest BCUT2D eigenvalue weighted by Gasteiger charge is -2.09. The second-order valence-corrected chi connectivity index (χ2v) is 15.0. The first-order valence-corrected chi connectivity index (χ1v) is 19.4. The number of fused-ring (bicyclic) bond motifs is 10. The second kappa shape index (κ2) is 11.6. The van der Waals surface area contributed by atoms with E-state index in [2.05, 4.69) is 0 Å². The standard InChI is InChI=1S/C60H34N4/c1-3-13-37(14-4-1)61-49-23-9-17-39-41-19-7-21-43-45-33-35(29-31-47(45)63(59(41)43)53-27-11-25-51(61)57(53)55(39)49)36-30-32-48-46(34-36)44-22-8-20-42-40-18-10-24-50-56(40)58-52(62(50)38-15-5-2-6-16-38)26-12-28-54(58)64(48)60(42)44/h1-34H/i1D,2D,3D,4D,5D,6D,7D,8D,9D,10D,11D,12D,13D,14D,15D,16D,17D,18D,19D,20D,21D,22D,23D,24D,25D,26D,27D,28D,29D,30D,31D,32D,33D,34D. The molecule has 64 heavy (non-hydrogen) atoms. The molecular formula is C60H34N4. The molecular weight excluding hydrogens is 777 g/mol. The monoisotopic (exact) mass is 844 g/mol. The zero-order valence-corrected chi connectivity index (χ0v) is 31.8. The maximum Gasteiger partial charge on any atom is 0.0645 e. The van der Waals surface area contributed by atoms with Crippen LogP contribution in [0, 0.1) is 0 Å². The molecule has 0 fully saturated rings. The summed E-state index contributed by atoms with van der Waals surface area (Å²) in [5.41, 5.74) is -8.63. The van der Waals surface area contributed by atoms with Gasteiger partial charge in [0.2, 0.25) is 0 Å². The molecule has 4 nitrogen and oxygen atoms in total. The highest BCUT2D eigenvalue weighted by molar-refractivity contribution is 6.33. The average Bonchev–Trinajstić information content (AvgIpc) is 1.50. The van der Waals surface area contributed by atoms with Crippen molar-refractivity contribution in [2.45, 2.75) is 0 Å². The van der Waals surface area contributed by atoms with E-state index < -0.39 is 337 Å². The van der Waals surface area contributed by atoms with Crippen molar-refractivity contribution in [3.05, 3.63) is 205 Å². The van der Waals surface area contributed by atoms with Crippen LogP contribution in [0.4, 0.5) is 0 Å². The van der Waals surface area contributed by atoms with Crippen LogP contribution >= 0.6 is 0 Å². The van der Waals surface area contributed by atoms with E-state index in [1.807, 2.05) is 0 Å². The Labute approximate surface area is 412 Å². The highest BCUT2D eigenvalue weighted by atomic mass is 15.0. The molecule has 0 saturated carbocycles. The lowest BCUT2D eigenvalue weighted by Crippen LogP contribution is -1.93. The number of hydrogen-bond donors (Lipinski definition) is 0. The molecule has 10 aromatic carbocycles. The maximum atomic E-state index is 10.3. The molecule has 0 aliphatic rings. The molecule has 294 valence electrons. The van der Waals surface area contributed by atoms with Crippen molar-refractivity contribution >= 4 is 120 Å². The average molecular weight is 845 g/mol. The van der Waals surface area contributed by atoms with Gasteiger partial charge in [0.25, 0.3) is 0 Å². The van der Waals surface area contributed by atoms with E-state index in [1.54, 1.807) is 0 Å². The van der Waals surface area contributed by atoms with Crippen molar-refractivity contribution in [2.75, 3.05) is 0 Å². The Balaban J connectivity index is 1.14. The normalized spacial score (nSPS) is 20.1. The smallest absolute Gasteiger partial charge is 0.0645 e. The predicted molar refractivity (Wildman–Crippen MR) is 270 cm³/mol. The summed E-state index contributed by atoms with van der Waals surface area (Å²) in [6.45, 7) is 0. The van der Waals surface area contributed by atoms with Gasteiger partial charge in [-0.05, 0) is 106 Å². The number of hydrogen-bond acceptors (Lipinski definition) is 0. The van der Waals surface area contributed by atoms with Crippen molar-refractivity contribution in [1.82, 2.24) is 17.9 Å². The van der Waals surface area contributed by atoms with Crippen molar-refractivity contribution < 1.29 is 46.6 Å². The first-order chi connectivity index (χ1) is 46.0. The minimum atomic E-state index is -1.06. The predicted octanol–water partition coefficient (Wildman–Crippen LogP) is 15.8. The molecule has 0 aliphatic heterocycles. The van der Waals surface area contributed by atoms with Gasteiger partial charge in [-0.1, -0.05) is 121 Å². The van der Waals surface area contributed by atoms with Crippen LogP contribution in [0.25, 0.3) is 142 Å². The van der Waals surface area contributed by atoms with Gasteiger partial charge in [0.15, 0.2) is 0 Å². The highest BCUT2D eigenvalue weighted by Gasteiger charge is 2.24. The van der Waals surface area contributed by atoms with Crippen molar-refractivity contribution in [1.29, 1.82) is 0 Å². The van der Waals surface area contributed by atoms with Crippen molar-refractivity contribution in [2.24, 2.45) is 0 Å². The summed E-state index contributed by atoms with van der Waals surface area (Å²) in [5.74, 6) is 0. The lowest BCUT2D eigenvalue weighted by atomic mass is 9.99. The van der Waals surface area contributed by atoms with E-state index in [0.717, 1.165) is 17.9 Å². The Bertz CT molecular complexity index is 6250. The molecule has 4 heteroatoms. The van der Waals surface area contributed by atoms with E-state index in [1.165, 1.54) is 0 Å². The first-order valence-electron chi connectivity index (χ1n) is 36.4. The van der Waals surface area contributed by atoms with Gasteiger partial charge >= 0.3 is 0 Å². The molecule has 6 aromatic heterocycles. The molecule has 0 bridgehead atoms. The topological polar surface area (TPSA) is 18.7 Å². The van der Waals surface area contributed by atoms with Crippen LogP contribution in [0.5, 0.6) is 0 Å².